The highest BCUT2D eigenvalue weighted by molar-refractivity contribution is 5.80. The zero-order valence-corrected chi connectivity index (χ0v) is 9.97. The van der Waals surface area contributed by atoms with E-state index in [-0.39, 0.29) is 6.42 Å². The predicted octanol–water partition coefficient (Wildman–Crippen LogP) is -1.78. The van der Waals surface area contributed by atoms with Crippen molar-refractivity contribution in [3.63, 3.8) is 0 Å². The molecule has 6 N–H and O–H groups in total. The lowest BCUT2D eigenvalue weighted by atomic mass is 10.2. The summed E-state index contributed by atoms with van der Waals surface area (Å²) in [7, 11) is 0. The molecule has 0 aliphatic heterocycles. The van der Waals surface area contributed by atoms with E-state index in [1.54, 1.807) is 0 Å². The van der Waals surface area contributed by atoms with Gasteiger partial charge >= 0.3 is 0 Å². The Balaban J connectivity index is 0.000000192. The Kier molecular flexibility index (Phi) is 5.79. The molecule has 0 bridgehead atoms. The summed E-state index contributed by atoms with van der Waals surface area (Å²) < 4.78 is 0. The van der Waals surface area contributed by atoms with Gasteiger partial charge in [-0.15, -0.1) is 0 Å². The third kappa shape index (κ3) is 4.58. The number of H-pyrrole nitrogens is 1. The molecule has 2 aromatic rings. The van der Waals surface area contributed by atoms with Crippen molar-refractivity contribution in [2.75, 3.05) is 12.3 Å². The number of nitrogens with two attached hydrogens (primary N) is 1. The van der Waals surface area contributed by atoms with Gasteiger partial charge in [-0.05, 0) is 0 Å². The molecule has 0 fully saturated rings. The minimum Gasteiger partial charge on any atom is -0.394 e. The van der Waals surface area contributed by atoms with Crippen molar-refractivity contribution in [1.29, 1.82) is 0 Å². The molecule has 0 aromatic carbocycles. The van der Waals surface area contributed by atoms with Crippen LogP contribution in [-0.4, -0.2) is 60.4 Å². The van der Waals surface area contributed by atoms with Crippen molar-refractivity contribution in [3.8, 4) is 0 Å². The third-order valence-electron chi connectivity index (χ3n) is 2.13. The summed E-state index contributed by atoms with van der Waals surface area (Å²) in [5, 5.41) is 25.3. The monoisotopic (exact) mass is 269 g/mol. The molecule has 104 valence electrons. The van der Waals surface area contributed by atoms with Crippen LogP contribution in [0.15, 0.2) is 12.7 Å². The van der Waals surface area contributed by atoms with Gasteiger partial charge in [0.2, 0.25) is 0 Å². The number of anilines is 1. The highest BCUT2D eigenvalue weighted by Gasteiger charge is 2.08. The number of nitrogens with one attached hydrogen (secondary N) is 1. The first-order valence-electron chi connectivity index (χ1n) is 5.40. The van der Waals surface area contributed by atoms with Crippen LogP contribution in [-0.2, 0) is 4.79 Å². The first-order valence-corrected chi connectivity index (χ1v) is 5.40. The third-order valence-corrected chi connectivity index (χ3v) is 2.13. The van der Waals surface area contributed by atoms with Gasteiger partial charge in [0.25, 0.3) is 0 Å². The van der Waals surface area contributed by atoms with Crippen LogP contribution in [0.25, 0.3) is 11.2 Å². The van der Waals surface area contributed by atoms with Crippen molar-refractivity contribution < 1.29 is 20.1 Å². The first-order chi connectivity index (χ1) is 9.08. The minimum absolute atomic E-state index is 0.0972. The molecule has 9 nitrogen and oxygen atoms in total. The summed E-state index contributed by atoms with van der Waals surface area (Å²) >= 11 is 0. The van der Waals surface area contributed by atoms with Gasteiger partial charge in [-0.2, -0.15) is 0 Å². The number of aromatic amines is 1. The van der Waals surface area contributed by atoms with Gasteiger partial charge in [-0.3, -0.25) is 0 Å². The van der Waals surface area contributed by atoms with Gasteiger partial charge in [0.1, 0.15) is 24.2 Å². The largest absolute Gasteiger partial charge is 0.394 e. The van der Waals surface area contributed by atoms with E-state index in [4.69, 9.17) is 21.1 Å². The number of rotatable bonds is 4. The fraction of sp³-hybridized carbons (Fsp3) is 0.400. The van der Waals surface area contributed by atoms with E-state index in [1.165, 1.54) is 12.7 Å². The first kappa shape index (κ1) is 15.0. The van der Waals surface area contributed by atoms with Crippen LogP contribution in [0.5, 0.6) is 0 Å². The smallest absolute Gasteiger partial charge is 0.162 e. The fourth-order valence-electron chi connectivity index (χ4n) is 1.19. The van der Waals surface area contributed by atoms with Crippen LogP contribution in [0.2, 0.25) is 0 Å². The van der Waals surface area contributed by atoms with Crippen molar-refractivity contribution in [2.45, 2.75) is 18.6 Å². The van der Waals surface area contributed by atoms with Gasteiger partial charge in [0.15, 0.2) is 11.5 Å². The van der Waals surface area contributed by atoms with Crippen LogP contribution in [0, 0.1) is 0 Å². The molecule has 9 heteroatoms. The average Bonchev–Trinajstić information content (AvgIpc) is 2.89. The normalized spacial score (nSPS) is 13.4. The second kappa shape index (κ2) is 7.36. The van der Waals surface area contributed by atoms with Crippen LogP contribution in [0.1, 0.15) is 6.42 Å². The molecule has 0 saturated carbocycles. The Hall–Kier alpha value is -2.10. The molecular formula is C10H15N5O4. The molecule has 0 saturated heterocycles. The van der Waals surface area contributed by atoms with Crippen LogP contribution in [0.4, 0.5) is 5.82 Å². The summed E-state index contributed by atoms with van der Waals surface area (Å²) in [5.74, 6) is 0.409. The molecular weight excluding hydrogens is 254 g/mol. The van der Waals surface area contributed by atoms with Crippen LogP contribution < -0.4 is 5.73 Å². The Labute approximate surface area is 108 Å². The molecule has 0 spiro atoms. The van der Waals surface area contributed by atoms with Gasteiger partial charge in [0, 0.05) is 6.42 Å². The number of hydrogen-bond acceptors (Lipinski definition) is 8. The number of nitrogens with zero attached hydrogens (tertiary/aromatic N) is 3. The Morgan fingerprint density at radius 2 is 2.11 bits per heavy atom. The summed E-state index contributed by atoms with van der Waals surface area (Å²) in [6, 6.07) is 0. The maximum atomic E-state index is 9.71. The number of nitrogen functional groups attached to an aromatic ring is 1. The molecule has 2 heterocycles. The van der Waals surface area contributed by atoms with E-state index in [0.717, 1.165) is 0 Å². The lowest BCUT2D eigenvalue weighted by molar-refractivity contribution is -0.116. The summed E-state index contributed by atoms with van der Waals surface area (Å²) in [6.07, 6.45) is 1.00. The van der Waals surface area contributed by atoms with Crippen molar-refractivity contribution >= 4 is 23.3 Å². The number of imidazole rings is 1. The summed E-state index contributed by atoms with van der Waals surface area (Å²) in [6.45, 7) is -0.426. The Morgan fingerprint density at radius 3 is 2.68 bits per heavy atom. The van der Waals surface area contributed by atoms with Crippen LogP contribution in [0.3, 0.4) is 0 Å². The highest BCUT2D eigenvalue weighted by atomic mass is 16.3. The molecule has 2 rings (SSSR count). The molecule has 2 atom stereocenters. The van der Waals surface area contributed by atoms with E-state index < -0.39 is 18.8 Å². The van der Waals surface area contributed by atoms with Crippen molar-refractivity contribution in [2.24, 2.45) is 0 Å². The number of fused-ring (bicyclic) bond motifs is 1. The molecule has 2 aromatic heterocycles. The van der Waals surface area contributed by atoms with E-state index in [9.17, 15) is 4.79 Å². The molecule has 0 radical (unpaired) electrons. The molecule has 19 heavy (non-hydrogen) atoms. The minimum atomic E-state index is -1.16. The maximum absolute atomic E-state index is 9.71. The van der Waals surface area contributed by atoms with Gasteiger partial charge in [-0.1, -0.05) is 0 Å². The number of aromatic nitrogens is 4. The number of aliphatic hydroxyl groups is 3. The number of carbonyl (C=O) groups is 1. The molecule has 0 aliphatic rings. The van der Waals surface area contributed by atoms with Crippen molar-refractivity contribution in [3.05, 3.63) is 12.7 Å². The zero-order valence-electron chi connectivity index (χ0n) is 9.97. The predicted molar refractivity (Wildman–Crippen MR) is 65.9 cm³/mol. The fourth-order valence-corrected chi connectivity index (χ4v) is 1.19. The highest BCUT2D eigenvalue weighted by Crippen LogP contribution is 2.09. The SMILES string of the molecule is Nc1ncnc2[nH]cnc12.O=C[C@H](O)C[C@H](O)CO. The van der Waals surface area contributed by atoms with Crippen LogP contribution >= 0.6 is 0 Å². The molecule has 0 aliphatic carbocycles. The van der Waals surface area contributed by atoms with E-state index in [0.29, 0.717) is 23.3 Å². The lowest BCUT2D eigenvalue weighted by Gasteiger charge is -2.06. The number of hydrogen-bond donors (Lipinski definition) is 5. The topological polar surface area (TPSA) is 158 Å². The standard InChI is InChI=1S/C5H5N5.C5H10O4/c6-4-3-5(9-1-7-3)10-2-8-4;6-2-4(8)1-5(9)3-7/h1-2H,(H3,6,7,8,9,10);2,4-5,7-9H,1,3H2/t;4-,5+/m.1/s1. The maximum Gasteiger partial charge on any atom is 0.162 e. The lowest BCUT2D eigenvalue weighted by Crippen LogP contribution is -2.21. The van der Waals surface area contributed by atoms with E-state index in [2.05, 4.69) is 19.9 Å². The number of aldehydes is 1. The number of aliphatic hydroxyl groups excluding tert-OH is 3. The van der Waals surface area contributed by atoms with Crippen molar-refractivity contribution in [1.82, 2.24) is 19.9 Å². The Morgan fingerprint density at radius 1 is 1.37 bits per heavy atom. The quantitative estimate of drug-likeness (QED) is 0.407. The van der Waals surface area contributed by atoms with Gasteiger partial charge in [0.05, 0.1) is 19.0 Å². The Bertz CT molecular complexity index is 517. The number of carbonyl (C=O) groups excluding carboxylic acids is 1. The summed E-state index contributed by atoms with van der Waals surface area (Å²) in [5.41, 5.74) is 6.77. The second-order valence-electron chi connectivity index (χ2n) is 3.63. The zero-order chi connectivity index (χ0) is 14.3. The second-order valence-corrected chi connectivity index (χ2v) is 3.63. The van der Waals surface area contributed by atoms with Gasteiger partial charge in [-0.25, -0.2) is 15.0 Å². The van der Waals surface area contributed by atoms with E-state index >= 15 is 0 Å². The average molecular weight is 269 g/mol. The molecule has 0 unspecified atom stereocenters. The van der Waals surface area contributed by atoms with E-state index in [1.807, 2.05) is 0 Å². The summed E-state index contributed by atoms with van der Waals surface area (Å²) in [4.78, 5) is 24.1. The molecule has 0 amide bonds. The van der Waals surface area contributed by atoms with Gasteiger partial charge < -0.3 is 30.8 Å².